The second kappa shape index (κ2) is 4.37. The standard InChI is InChI=1S/C10H19N5O/c1-8-4-3-5-10(16,6-8)7-11-9-12-13-14-15(9)2/h8,16H,3-7H2,1-2H3,(H,11,12,14). The summed E-state index contributed by atoms with van der Waals surface area (Å²) in [4.78, 5) is 0. The van der Waals surface area contributed by atoms with E-state index in [-0.39, 0.29) is 0 Å². The Hall–Kier alpha value is -1.17. The van der Waals surface area contributed by atoms with Gasteiger partial charge in [0.1, 0.15) is 0 Å². The Morgan fingerprint density at radius 2 is 2.44 bits per heavy atom. The lowest BCUT2D eigenvalue weighted by atomic mass is 9.79. The Bertz CT molecular complexity index is 353. The molecule has 1 aliphatic rings. The molecule has 16 heavy (non-hydrogen) atoms. The number of nitrogens with zero attached hydrogens (tertiary/aromatic N) is 4. The van der Waals surface area contributed by atoms with E-state index < -0.39 is 5.60 Å². The third kappa shape index (κ3) is 2.49. The molecule has 6 heteroatoms. The van der Waals surface area contributed by atoms with Crippen LogP contribution in [-0.4, -0.2) is 37.5 Å². The first-order valence-electron chi connectivity index (χ1n) is 5.78. The van der Waals surface area contributed by atoms with Gasteiger partial charge in [0.15, 0.2) is 0 Å². The topological polar surface area (TPSA) is 75.9 Å². The normalized spacial score (nSPS) is 30.3. The van der Waals surface area contributed by atoms with Gasteiger partial charge in [0.25, 0.3) is 0 Å². The van der Waals surface area contributed by atoms with Crippen molar-refractivity contribution in [2.24, 2.45) is 13.0 Å². The molecule has 6 nitrogen and oxygen atoms in total. The summed E-state index contributed by atoms with van der Waals surface area (Å²) < 4.78 is 1.57. The molecule has 0 bridgehead atoms. The fraction of sp³-hybridized carbons (Fsp3) is 0.900. The van der Waals surface area contributed by atoms with E-state index in [1.807, 2.05) is 0 Å². The number of nitrogens with one attached hydrogen (secondary N) is 1. The van der Waals surface area contributed by atoms with Crippen LogP contribution in [0.2, 0.25) is 0 Å². The molecule has 1 aromatic heterocycles. The smallest absolute Gasteiger partial charge is 0.242 e. The van der Waals surface area contributed by atoms with E-state index in [1.54, 1.807) is 11.7 Å². The van der Waals surface area contributed by atoms with Gasteiger partial charge in [-0.15, -0.1) is 0 Å². The van der Waals surface area contributed by atoms with E-state index in [2.05, 4.69) is 27.8 Å². The van der Waals surface area contributed by atoms with Crippen molar-refractivity contribution in [1.29, 1.82) is 0 Å². The third-order valence-electron chi connectivity index (χ3n) is 3.26. The Labute approximate surface area is 95.0 Å². The number of anilines is 1. The van der Waals surface area contributed by atoms with Gasteiger partial charge in [-0.25, -0.2) is 4.68 Å². The van der Waals surface area contributed by atoms with Gasteiger partial charge < -0.3 is 10.4 Å². The van der Waals surface area contributed by atoms with Gasteiger partial charge >= 0.3 is 0 Å². The summed E-state index contributed by atoms with van der Waals surface area (Å²) in [5, 5.41) is 24.6. The second-order valence-corrected chi connectivity index (χ2v) is 4.91. The molecule has 0 aliphatic heterocycles. The minimum Gasteiger partial charge on any atom is -0.388 e. The summed E-state index contributed by atoms with van der Waals surface area (Å²) in [5.74, 6) is 1.20. The lowest BCUT2D eigenvalue weighted by Crippen LogP contribution is -2.41. The number of hydrogen-bond donors (Lipinski definition) is 2. The zero-order chi connectivity index (χ0) is 11.6. The summed E-state index contributed by atoms with van der Waals surface area (Å²) in [7, 11) is 1.77. The van der Waals surface area contributed by atoms with Crippen molar-refractivity contribution in [2.75, 3.05) is 11.9 Å². The molecule has 2 N–H and O–H groups in total. The first kappa shape index (κ1) is 11.3. The highest BCUT2D eigenvalue weighted by atomic mass is 16.3. The predicted octanol–water partition coefficient (Wildman–Crippen LogP) is 0.563. The van der Waals surface area contributed by atoms with Crippen LogP contribution in [0.4, 0.5) is 5.95 Å². The molecule has 1 aromatic rings. The Morgan fingerprint density at radius 3 is 3.06 bits per heavy atom. The average molecular weight is 225 g/mol. The largest absolute Gasteiger partial charge is 0.388 e. The quantitative estimate of drug-likeness (QED) is 0.786. The van der Waals surface area contributed by atoms with Crippen LogP contribution in [0, 0.1) is 5.92 Å². The average Bonchev–Trinajstić information content (AvgIpc) is 2.61. The summed E-state index contributed by atoms with van der Waals surface area (Å²) in [6.45, 7) is 2.71. The van der Waals surface area contributed by atoms with Gasteiger partial charge in [0.2, 0.25) is 5.95 Å². The van der Waals surface area contributed by atoms with E-state index in [0.29, 0.717) is 18.4 Å². The van der Waals surface area contributed by atoms with Gasteiger partial charge in [-0.2, -0.15) is 0 Å². The van der Waals surface area contributed by atoms with Crippen LogP contribution in [0.15, 0.2) is 0 Å². The minimum atomic E-state index is -0.608. The molecule has 90 valence electrons. The maximum atomic E-state index is 10.4. The first-order chi connectivity index (χ1) is 7.59. The van der Waals surface area contributed by atoms with E-state index in [9.17, 15) is 5.11 Å². The molecule has 0 amide bonds. The van der Waals surface area contributed by atoms with E-state index in [1.165, 1.54) is 6.42 Å². The molecular weight excluding hydrogens is 206 g/mol. The lowest BCUT2D eigenvalue weighted by molar-refractivity contribution is -0.000940. The first-order valence-corrected chi connectivity index (χ1v) is 5.78. The van der Waals surface area contributed by atoms with E-state index >= 15 is 0 Å². The summed E-state index contributed by atoms with van der Waals surface area (Å²) in [6.07, 6.45) is 4.02. The maximum absolute atomic E-state index is 10.4. The molecule has 0 spiro atoms. The van der Waals surface area contributed by atoms with Gasteiger partial charge in [-0.05, 0) is 29.2 Å². The van der Waals surface area contributed by atoms with Crippen molar-refractivity contribution in [1.82, 2.24) is 20.2 Å². The summed E-state index contributed by atoms with van der Waals surface area (Å²) >= 11 is 0. The van der Waals surface area contributed by atoms with Crippen LogP contribution in [-0.2, 0) is 7.05 Å². The maximum Gasteiger partial charge on any atom is 0.242 e. The number of aromatic nitrogens is 4. The van der Waals surface area contributed by atoms with Crippen LogP contribution in [0.25, 0.3) is 0 Å². The van der Waals surface area contributed by atoms with Crippen molar-refractivity contribution in [3.63, 3.8) is 0 Å². The van der Waals surface area contributed by atoms with E-state index in [4.69, 9.17) is 0 Å². The molecule has 1 heterocycles. The van der Waals surface area contributed by atoms with E-state index in [0.717, 1.165) is 19.3 Å². The van der Waals surface area contributed by atoms with Gasteiger partial charge in [-0.1, -0.05) is 24.9 Å². The minimum absolute atomic E-state index is 0.519. The fourth-order valence-electron chi connectivity index (χ4n) is 2.42. The predicted molar refractivity (Wildman–Crippen MR) is 59.9 cm³/mol. The molecule has 1 fully saturated rings. The number of aryl methyl sites for hydroxylation is 1. The SMILES string of the molecule is CC1CCCC(O)(CNc2nnnn2C)C1. The molecule has 2 unspecified atom stereocenters. The summed E-state index contributed by atoms with van der Waals surface area (Å²) in [5.41, 5.74) is -0.608. The Balaban J connectivity index is 1.91. The van der Waals surface area contributed by atoms with Gasteiger partial charge in [-0.3, -0.25) is 0 Å². The molecule has 2 atom stereocenters. The molecule has 1 saturated carbocycles. The number of rotatable bonds is 3. The third-order valence-corrected chi connectivity index (χ3v) is 3.26. The van der Waals surface area contributed by atoms with Gasteiger partial charge in [0, 0.05) is 13.6 Å². The van der Waals surface area contributed by atoms with Gasteiger partial charge in [0.05, 0.1) is 5.60 Å². The van der Waals surface area contributed by atoms with Crippen LogP contribution in [0.1, 0.15) is 32.6 Å². The highest BCUT2D eigenvalue weighted by molar-refractivity contribution is 5.22. The molecule has 2 rings (SSSR count). The zero-order valence-corrected chi connectivity index (χ0v) is 9.85. The molecule has 1 aliphatic carbocycles. The lowest BCUT2D eigenvalue weighted by Gasteiger charge is -2.35. The molecule has 0 radical (unpaired) electrons. The van der Waals surface area contributed by atoms with Crippen molar-refractivity contribution >= 4 is 5.95 Å². The highest BCUT2D eigenvalue weighted by Gasteiger charge is 2.32. The number of tetrazole rings is 1. The van der Waals surface area contributed by atoms with Crippen molar-refractivity contribution in [3.05, 3.63) is 0 Å². The Morgan fingerprint density at radius 1 is 1.62 bits per heavy atom. The molecule has 0 saturated heterocycles. The summed E-state index contributed by atoms with van der Waals surface area (Å²) in [6, 6.07) is 0. The van der Waals surface area contributed by atoms with Crippen molar-refractivity contribution in [2.45, 2.75) is 38.2 Å². The highest BCUT2D eigenvalue weighted by Crippen LogP contribution is 2.32. The molecule has 0 aromatic carbocycles. The second-order valence-electron chi connectivity index (χ2n) is 4.91. The van der Waals surface area contributed by atoms with Crippen molar-refractivity contribution in [3.8, 4) is 0 Å². The van der Waals surface area contributed by atoms with Crippen LogP contribution in [0.3, 0.4) is 0 Å². The number of hydrogen-bond acceptors (Lipinski definition) is 5. The molecular formula is C10H19N5O. The Kier molecular flexibility index (Phi) is 3.09. The van der Waals surface area contributed by atoms with Crippen LogP contribution < -0.4 is 5.32 Å². The number of aliphatic hydroxyl groups is 1. The monoisotopic (exact) mass is 225 g/mol. The zero-order valence-electron chi connectivity index (χ0n) is 9.85. The van der Waals surface area contributed by atoms with Crippen LogP contribution in [0.5, 0.6) is 0 Å². The van der Waals surface area contributed by atoms with Crippen LogP contribution >= 0.6 is 0 Å². The van der Waals surface area contributed by atoms with Crippen molar-refractivity contribution < 1.29 is 5.11 Å². The fourth-order valence-corrected chi connectivity index (χ4v) is 2.42.